The van der Waals surface area contributed by atoms with E-state index in [0.717, 1.165) is 12.1 Å². The van der Waals surface area contributed by atoms with Crippen LogP contribution in [0.25, 0.3) is 0 Å². The molecule has 2 nitrogen and oxygen atoms in total. The molecule has 1 unspecified atom stereocenters. The molecule has 0 amide bonds. The second-order valence-electron chi connectivity index (χ2n) is 3.02. The molecule has 16 heavy (non-hydrogen) atoms. The predicted molar refractivity (Wildman–Crippen MR) is 51.2 cm³/mol. The molecule has 0 radical (unpaired) electrons. The normalized spacial score (nSPS) is 15.1. The van der Waals surface area contributed by atoms with Crippen molar-refractivity contribution in [3.63, 3.8) is 0 Å². The Balaban J connectivity index is 0.00000225. The van der Waals surface area contributed by atoms with Gasteiger partial charge in [-0.05, 0) is 17.7 Å². The van der Waals surface area contributed by atoms with Gasteiger partial charge in [0.25, 0.3) is 0 Å². The maximum atomic E-state index is 12.5. The molecule has 0 saturated heterocycles. The fraction of sp³-hybridized carbons (Fsp3) is 0.333. The Hall–Kier alpha value is 0.0464. The Kier molecular flexibility index (Phi) is 5.61. The van der Waals surface area contributed by atoms with Gasteiger partial charge in [-0.25, -0.2) is 0 Å². The van der Waals surface area contributed by atoms with E-state index in [2.05, 4.69) is 15.9 Å². The third-order valence-corrected chi connectivity index (χ3v) is 2.55. The zero-order valence-electron chi connectivity index (χ0n) is 7.78. The van der Waals surface area contributed by atoms with Crippen LogP contribution in [0.5, 0.6) is 0 Å². The third-order valence-electron chi connectivity index (χ3n) is 2.02. The quantitative estimate of drug-likeness (QED) is 0.689. The van der Waals surface area contributed by atoms with Crippen LogP contribution in [0.2, 0.25) is 0 Å². The van der Waals surface area contributed by atoms with Crippen molar-refractivity contribution in [1.82, 2.24) is 0 Å². The summed E-state index contributed by atoms with van der Waals surface area (Å²) < 4.78 is 38.0. The molecule has 0 aliphatic rings. The van der Waals surface area contributed by atoms with E-state index in [9.17, 15) is 18.3 Å². The largest absolute Gasteiger partial charge is 0.423 e. The van der Waals surface area contributed by atoms with Gasteiger partial charge in [0.05, 0.1) is 6.61 Å². The van der Waals surface area contributed by atoms with Crippen LogP contribution in [0.1, 0.15) is 5.56 Å². The maximum Gasteiger partial charge on any atom is 0.423 e. The average molecular weight is 475 g/mol. The Morgan fingerprint density at radius 2 is 1.56 bits per heavy atom. The monoisotopic (exact) mass is 476 g/mol. The van der Waals surface area contributed by atoms with Crippen LogP contribution in [0.3, 0.4) is 0 Å². The van der Waals surface area contributed by atoms with Crippen molar-refractivity contribution in [2.45, 2.75) is 11.8 Å². The molecular weight excluding hydrogens is 467 g/mol. The number of hydrogen-bond donors (Lipinski definition) is 2. The molecule has 92 valence electrons. The smallest absolute Gasteiger partial charge is 0.393 e. The summed E-state index contributed by atoms with van der Waals surface area (Å²) in [5.41, 5.74) is -3.59. The minimum atomic E-state index is -4.91. The zero-order valence-corrected chi connectivity index (χ0v) is 11.9. The Labute approximate surface area is 112 Å². The first kappa shape index (κ1) is 16.0. The molecule has 1 rings (SSSR count). The van der Waals surface area contributed by atoms with Crippen molar-refractivity contribution < 1.29 is 43.2 Å². The number of aliphatic hydroxyl groups excluding tert-OH is 1. The first-order valence-corrected chi connectivity index (χ1v) is 4.76. The maximum absolute atomic E-state index is 12.5. The molecular formula is C9H8BrF3O2Os. The van der Waals surface area contributed by atoms with Crippen LogP contribution in [-0.4, -0.2) is 23.0 Å². The molecule has 7 heteroatoms. The summed E-state index contributed by atoms with van der Waals surface area (Å²) in [6.45, 7) is -1.40. The van der Waals surface area contributed by atoms with Gasteiger partial charge < -0.3 is 10.2 Å². The molecule has 1 aromatic rings. The summed E-state index contributed by atoms with van der Waals surface area (Å²) >= 11 is 3.06. The average Bonchev–Trinajstić information content (AvgIpc) is 2.16. The van der Waals surface area contributed by atoms with Crippen molar-refractivity contribution in [3.05, 3.63) is 34.3 Å². The number of rotatable bonds is 2. The van der Waals surface area contributed by atoms with Gasteiger partial charge >= 0.3 is 6.18 Å². The van der Waals surface area contributed by atoms with Gasteiger partial charge in [-0.2, -0.15) is 13.2 Å². The number of alkyl halides is 3. The van der Waals surface area contributed by atoms with Gasteiger partial charge in [-0.3, -0.25) is 0 Å². The van der Waals surface area contributed by atoms with Gasteiger partial charge in [0.2, 0.25) is 5.60 Å². The van der Waals surface area contributed by atoms with E-state index in [0.29, 0.717) is 4.47 Å². The molecule has 0 aromatic heterocycles. The molecule has 0 heterocycles. The van der Waals surface area contributed by atoms with Crippen LogP contribution in [0.15, 0.2) is 28.7 Å². The first-order chi connectivity index (χ1) is 6.81. The Bertz CT molecular complexity index is 342. The third kappa shape index (κ3) is 3.04. The Morgan fingerprint density at radius 1 is 1.12 bits per heavy atom. The molecule has 0 aliphatic carbocycles. The summed E-state index contributed by atoms with van der Waals surface area (Å²) in [5, 5.41) is 18.0. The predicted octanol–water partition coefficient (Wildman–Crippen LogP) is 2.19. The van der Waals surface area contributed by atoms with Gasteiger partial charge in [0, 0.05) is 24.3 Å². The SMILES string of the molecule is OCC(O)(c1ccc(Br)cc1)C(F)(F)F.[Os]. The van der Waals surface area contributed by atoms with Crippen LogP contribution < -0.4 is 0 Å². The van der Waals surface area contributed by atoms with Crippen LogP contribution in [0, 0.1) is 0 Å². The summed E-state index contributed by atoms with van der Waals surface area (Å²) in [5.74, 6) is 0. The van der Waals surface area contributed by atoms with E-state index in [4.69, 9.17) is 5.11 Å². The van der Waals surface area contributed by atoms with E-state index in [-0.39, 0.29) is 25.4 Å². The fourth-order valence-electron chi connectivity index (χ4n) is 1.07. The first-order valence-electron chi connectivity index (χ1n) is 3.97. The van der Waals surface area contributed by atoms with Crippen LogP contribution in [0.4, 0.5) is 13.2 Å². The van der Waals surface area contributed by atoms with Crippen molar-refractivity contribution in [2.24, 2.45) is 0 Å². The number of aliphatic hydroxyl groups is 2. The molecule has 0 saturated carbocycles. The van der Waals surface area contributed by atoms with Crippen molar-refractivity contribution in [1.29, 1.82) is 0 Å². The summed E-state index contributed by atoms with van der Waals surface area (Å²) in [4.78, 5) is 0. The number of halogens is 4. The van der Waals surface area contributed by atoms with E-state index >= 15 is 0 Å². The van der Waals surface area contributed by atoms with E-state index in [1.807, 2.05) is 0 Å². The van der Waals surface area contributed by atoms with E-state index < -0.39 is 18.4 Å². The molecule has 1 atom stereocenters. The minimum absolute atomic E-state index is 0. The molecule has 0 spiro atoms. The van der Waals surface area contributed by atoms with Gasteiger partial charge in [0.15, 0.2) is 0 Å². The summed E-state index contributed by atoms with van der Waals surface area (Å²) in [6.07, 6.45) is -4.91. The van der Waals surface area contributed by atoms with Gasteiger partial charge in [-0.15, -0.1) is 0 Å². The molecule has 0 fully saturated rings. The molecule has 0 bridgehead atoms. The number of benzene rings is 1. The topological polar surface area (TPSA) is 40.5 Å². The Morgan fingerprint density at radius 3 is 1.88 bits per heavy atom. The van der Waals surface area contributed by atoms with Crippen molar-refractivity contribution in [3.8, 4) is 0 Å². The van der Waals surface area contributed by atoms with E-state index in [1.54, 1.807) is 0 Å². The number of hydrogen-bond acceptors (Lipinski definition) is 2. The van der Waals surface area contributed by atoms with Crippen molar-refractivity contribution >= 4 is 15.9 Å². The van der Waals surface area contributed by atoms with Crippen LogP contribution in [-0.2, 0) is 25.4 Å². The summed E-state index contributed by atoms with van der Waals surface area (Å²) in [6, 6.07) is 4.94. The molecule has 1 aromatic carbocycles. The van der Waals surface area contributed by atoms with E-state index in [1.165, 1.54) is 12.1 Å². The molecule has 2 N–H and O–H groups in total. The second kappa shape index (κ2) is 5.59. The standard InChI is InChI=1S/C9H8BrF3O2.Os/c10-7-3-1-6(2-4-7)8(15,5-14)9(11,12)13;/h1-4,14-15H,5H2;. The van der Waals surface area contributed by atoms with Gasteiger partial charge in [-0.1, -0.05) is 28.1 Å². The van der Waals surface area contributed by atoms with Crippen molar-refractivity contribution in [2.75, 3.05) is 6.61 Å². The van der Waals surface area contributed by atoms with Gasteiger partial charge in [0.1, 0.15) is 0 Å². The fourth-order valence-corrected chi connectivity index (χ4v) is 1.33. The summed E-state index contributed by atoms with van der Waals surface area (Å²) in [7, 11) is 0. The molecule has 0 aliphatic heterocycles. The second-order valence-corrected chi connectivity index (χ2v) is 3.94. The zero-order chi connectivity index (χ0) is 11.7. The van der Waals surface area contributed by atoms with Crippen LogP contribution >= 0.6 is 15.9 Å². The minimum Gasteiger partial charge on any atom is -0.393 e.